The monoisotopic (exact) mass is 289 g/mol. The second-order valence-electron chi connectivity index (χ2n) is 5.07. The van der Waals surface area contributed by atoms with Crippen molar-refractivity contribution in [2.45, 2.75) is 40.0 Å². The molecule has 0 spiro atoms. The van der Waals surface area contributed by atoms with E-state index in [4.69, 9.17) is 5.10 Å². The zero-order chi connectivity index (χ0) is 15.2. The van der Waals surface area contributed by atoms with E-state index in [1.54, 1.807) is 12.1 Å². The highest BCUT2D eigenvalue weighted by Gasteiger charge is 2.16. The van der Waals surface area contributed by atoms with Crippen molar-refractivity contribution >= 4 is 0 Å². The normalized spacial score (nSPS) is 11.0. The number of nitrogens with zero attached hydrogens (tertiary/aromatic N) is 2. The van der Waals surface area contributed by atoms with Crippen LogP contribution < -0.4 is 5.32 Å². The van der Waals surface area contributed by atoms with Crippen molar-refractivity contribution in [2.75, 3.05) is 13.1 Å². The zero-order valence-electron chi connectivity index (χ0n) is 13.1. The van der Waals surface area contributed by atoms with Crippen LogP contribution in [-0.2, 0) is 19.3 Å². The Hall–Kier alpha value is -1.68. The Balaban J connectivity index is 2.42. The van der Waals surface area contributed by atoms with Crippen molar-refractivity contribution in [3.05, 3.63) is 47.0 Å². The van der Waals surface area contributed by atoms with E-state index in [0.29, 0.717) is 0 Å². The van der Waals surface area contributed by atoms with Crippen LogP contribution in [0.1, 0.15) is 37.7 Å². The summed E-state index contributed by atoms with van der Waals surface area (Å²) in [7, 11) is 0. The molecule has 0 aliphatic heterocycles. The minimum absolute atomic E-state index is 0.225. The number of hydrogen-bond donors (Lipinski definition) is 1. The second kappa shape index (κ2) is 7.36. The molecule has 21 heavy (non-hydrogen) atoms. The van der Waals surface area contributed by atoms with Crippen LogP contribution in [0.3, 0.4) is 0 Å². The molecule has 0 amide bonds. The molecule has 0 unspecified atom stereocenters. The Labute approximate surface area is 126 Å². The van der Waals surface area contributed by atoms with Gasteiger partial charge in [0.05, 0.1) is 11.4 Å². The molecule has 114 valence electrons. The van der Waals surface area contributed by atoms with Gasteiger partial charge in [0.1, 0.15) is 5.82 Å². The number of aromatic nitrogens is 2. The summed E-state index contributed by atoms with van der Waals surface area (Å²) in [5.74, 6) is -0.225. The number of likely N-dealkylation sites (N-methyl/N-ethyl adjacent to an activating group) is 1. The van der Waals surface area contributed by atoms with Crippen molar-refractivity contribution in [3.8, 4) is 5.69 Å². The van der Waals surface area contributed by atoms with Gasteiger partial charge in [-0.15, -0.1) is 0 Å². The fourth-order valence-corrected chi connectivity index (χ4v) is 2.68. The number of aryl methyl sites for hydroxylation is 1. The third kappa shape index (κ3) is 3.50. The lowest BCUT2D eigenvalue weighted by Crippen LogP contribution is -2.17. The molecule has 0 aliphatic rings. The average Bonchev–Trinajstić information content (AvgIpc) is 2.85. The minimum atomic E-state index is -0.225. The molecule has 3 nitrogen and oxygen atoms in total. The van der Waals surface area contributed by atoms with E-state index in [1.807, 2.05) is 10.7 Å². The van der Waals surface area contributed by atoms with Gasteiger partial charge in [-0.2, -0.15) is 5.10 Å². The molecule has 0 radical (unpaired) electrons. The van der Waals surface area contributed by atoms with E-state index < -0.39 is 0 Å². The first kappa shape index (κ1) is 15.7. The SMILES string of the molecule is CCNCCc1c(CC)nn(-c2cccc(F)c2)c1CC. The Morgan fingerprint density at radius 2 is 2.00 bits per heavy atom. The highest BCUT2D eigenvalue weighted by molar-refractivity contribution is 5.38. The zero-order valence-corrected chi connectivity index (χ0v) is 13.1. The summed E-state index contributed by atoms with van der Waals surface area (Å²) in [5.41, 5.74) is 4.42. The van der Waals surface area contributed by atoms with E-state index in [2.05, 4.69) is 26.1 Å². The van der Waals surface area contributed by atoms with Gasteiger partial charge in [-0.25, -0.2) is 9.07 Å². The predicted octanol–water partition coefficient (Wildman–Crippen LogP) is 3.29. The van der Waals surface area contributed by atoms with Gasteiger partial charge >= 0.3 is 0 Å². The summed E-state index contributed by atoms with van der Waals surface area (Å²) < 4.78 is 15.4. The minimum Gasteiger partial charge on any atom is -0.317 e. The quantitative estimate of drug-likeness (QED) is 0.793. The summed E-state index contributed by atoms with van der Waals surface area (Å²) in [5, 5.41) is 8.07. The molecule has 0 fully saturated rings. The van der Waals surface area contributed by atoms with Gasteiger partial charge in [-0.3, -0.25) is 0 Å². The summed E-state index contributed by atoms with van der Waals surface area (Å²) in [4.78, 5) is 0. The van der Waals surface area contributed by atoms with Crippen LogP contribution in [-0.4, -0.2) is 22.9 Å². The van der Waals surface area contributed by atoms with Crippen LogP contribution in [0.15, 0.2) is 24.3 Å². The van der Waals surface area contributed by atoms with Gasteiger partial charge in [0.15, 0.2) is 0 Å². The maximum absolute atomic E-state index is 13.5. The van der Waals surface area contributed by atoms with Gasteiger partial charge in [0, 0.05) is 5.69 Å². The Morgan fingerprint density at radius 3 is 2.62 bits per heavy atom. The maximum atomic E-state index is 13.5. The first-order valence-corrected chi connectivity index (χ1v) is 7.77. The maximum Gasteiger partial charge on any atom is 0.125 e. The molecule has 1 aromatic heterocycles. The molecule has 1 heterocycles. The van der Waals surface area contributed by atoms with Crippen LogP contribution in [0.2, 0.25) is 0 Å². The van der Waals surface area contributed by atoms with Crippen LogP contribution in [0.4, 0.5) is 4.39 Å². The van der Waals surface area contributed by atoms with Crippen molar-refractivity contribution in [1.29, 1.82) is 0 Å². The van der Waals surface area contributed by atoms with Crippen molar-refractivity contribution in [2.24, 2.45) is 0 Å². The molecule has 1 aromatic carbocycles. The lowest BCUT2D eigenvalue weighted by Gasteiger charge is -2.08. The van der Waals surface area contributed by atoms with Crippen LogP contribution in [0.25, 0.3) is 5.69 Å². The fourth-order valence-electron chi connectivity index (χ4n) is 2.68. The molecule has 2 rings (SSSR count). The third-order valence-electron chi connectivity index (χ3n) is 3.70. The molecular formula is C17H24FN3. The smallest absolute Gasteiger partial charge is 0.125 e. The van der Waals surface area contributed by atoms with Gasteiger partial charge in [0.2, 0.25) is 0 Å². The number of hydrogen-bond acceptors (Lipinski definition) is 2. The largest absolute Gasteiger partial charge is 0.317 e. The third-order valence-corrected chi connectivity index (χ3v) is 3.70. The highest BCUT2D eigenvalue weighted by atomic mass is 19.1. The number of benzene rings is 1. The molecular weight excluding hydrogens is 265 g/mol. The van der Waals surface area contributed by atoms with Gasteiger partial charge in [-0.1, -0.05) is 26.8 Å². The molecule has 2 aromatic rings. The molecule has 0 saturated heterocycles. The fraction of sp³-hybridized carbons (Fsp3) is 0.471. The Morgan fingerprint density at radius 1 is 1.19 bits per heavy atom. The van der Waals surface area contributed by atoms with Gasteiger partial charge < -0.3 is 5.32 Å². The van der Waals surface area contributed by atoms with E-state index in [1.165, 1.54) is 17.3 Å². The highest BCUT2D eigenvalue weighted by Crippen LogP contribution is 2.21. The lowest BCUT2D eigenvalue weighted by atomic mass is 10.1. The molecule has 0 aliphatic carbocycles. The lowest BCUT2D eigenvalue weighted by molar-refractivity contribution is 0.624. The summed E-state index contributed by atoms with van der Waals surface area (Å²) in [6.07, 6.45) is 2.76. The standard InChI is InChI=1S/C17H24FN3/c1-4-16-15(10-11-19-6-3)17(5-2)21(20-16)14-9-7-8-13(18)12-14/h7-9,12,19H,4-6,10-11H2,1-3H3. The Kier molecular flexibility index (Phi) is 5.51. The van der Waals surface area contributed by atoms with E-state index in [9.17, 15) is 4.39 Å². The molecule has 4 heteroatoms. The van der Waals surface area contributed by atoms with Crippen molar-refractivity contribution in [1.82, 2.24) is 15.1 Å². The van der Waals surface area contributed by atoms with E-state index in [-0.39, 0.29) is 5.82 Å². The summed E-state index contributed by atoms with van der Waals surface area (Å²) in [6.45, 7) is 8.28. The summed E-state index contributed by atoms with van der Waals surface area (Å²) in [6, 6.07) is 6.64. The average molecular weight is 289 g/mol. The topological polar surface area (TPSA) is 29.9 Å². The first-order chi connectivity index (χ1) is 10.2. The molecule has 0 bridgehead atoms. The Bertz CT molecular complexity index is 590. The van der Waals surface area contributed by atoms with Crippen molar-refractivity contribution < 1.29 is 4.39 Å². The van der Waals surface area contributed by atoms with E-state index >= 15 is 0 Å². The molecule has 0 atom stereocenters. The van der Waals surface area contributed by atoms with E-state index in [0.717, 1.165) is 43.7 Å². The molecule has 1 N–H and O–H groups in total. The predicted molar refractivity (Wildman–Crippen MR) is 84.5 cm³/mol. The van der Waals surface area contributed by atoms with Gasteiger partial charge in [-0.05, 0) is 56.1 Å². The number of nitrogens with one attached hydrogen (secondary N) is 1. The van der Waals surface area contributed by atoms with Crippen LogP contribution in [0, 0.1) is 5.82 Å². The molecule has 0 saturated carbocycles. The van der Waals surface area contributed by atoms with Crippen molar-refractivity contribution in [3.63, 3.8) is 0 Å². The first-order valence-electron chi connectivity index (χ1n) is 7.77. The second-order valence-corrected chi connectivity index (χ2v) is 5.07. The number of rotatable bonds is 7. The summed E-state index contributed by atoms with van der Waals surface area (Å²) >= 11 is 0. The van der Waals surface area contributed by atoms with Gasteiger partial charge in [0.25, 0.3) is 0 Å². The van der Waals surface area contributed by atoms with Crippen LogP contribution >= 0.6 is 0 Å². The number of halogens is 1. The van der Waals surface area contributed by atoms with Crippen LogP contribution in [0.5, 0.6) is 0 Å².